The van der Waals surface area contributed by atoms with Crippen molar-refractivity contribution in [3.05, 3.63) is 23.3 Å². The highest BCUT2D eigenvalue weighted by molar-refractivity contribution is 5.99. The van der Waals surface area contributed by atoms with Crippen LogP contribution in [0.15, 0.2) is 23.3 Å². The van der Waals surface area contributed by atoms with E-state index in [4.69, 9.17) is 5.11 Å². The van der Waals surface area contributed by atoms with Crippen LogP contribution in [0.4, 0.5) is 0 Å². The van der Waals surface area contributed by atoms with E-state index in [1.54, 1.807) is 13.0 Å². The maximum atomic E-state index is 13.3. The lowest BCUT2D eigenvalue weighted by molar-refractivity contribution is -0.141. The predicted molar refractivity (Wildman–Crippen MR) is 128 cm³/mol. The van der Waals surface area contributed by atoms with Crippen LogP contribution in [0.25, 0.3) is 0 Å². The zero-order valence-electron chi connectivity index (χ0n) is 21.1. The number of hydrogen-bond donors (Lipinski definition) is 1. The van der Waals surface area contributed by atoms with Crippen LogP contribution in [0.1, 0.15) is 92.9 Å². The van der Waals surface area contributed by atoms with Gasteiger partial charge in [0.25, 0.3) is 0 Å². The first-order valence-corrected chi connectivity index (χ1v) is 12.5. The molecule has 2 fully saturated rings. The van der Waals surface area contributed by atoms with Crippen LogP contribution in [-0.2, 0) is 19.2 Å². The van der Waals surface area contributed by atoms with Gasteiger partial charge in [-0.3, -0.25) is 14.4 Å². The summed E-state index contributed by atoms with van der Waals surface area (Å²) >= 11 is 0. The molecule has 0 radical (unpaired) electrons. The van der Waals surface area contributed by atoms with Crippen molar-refractivity contribution in [2.24, 2.45) is 34.0 Å². The minimum Gasteiger partial charge on any atom is -0.478 e. The maximum absolute atomic E-state index is 13.3. The van der Waals surface area contributed by atoms with Gasteiger partial charge in [-0.1, -0.05) is 46.3 Å². The monoisotopic (exact) mass is 456 g/mol. The quantitative estimate of drug-likeness (QED) is 0.472. The number of hydrogen-bond acceptors (Lipinski definition) is 4. The SMILES string of the molecule is CC(=CCCC(C)C(=O)CCC1(C)C(=O)C=C2C1CCC1C(C)(C)C(=O)CCC21C)C(=O)O. The van der Waals surface area contributed by atoms with Gasteiger partial charge in [0, 0.05) is 35.2 Å². The fourth-order valence-corrected chi connectivity index (χ4v) is 6.90. The molecular weight excluding hydrogens is 416 g/mol. The van der Waals surface area contributed by atoms with Crippen molar-refractivity contribution in [1.29, 1.82) is 0 Å². The lowest BCUT2D eigenvalue weighted by Gasteiger charge is -2.56. The molecule has 33 heavy (non-hydrogen) atoms. The van der Waals surface area contributed by atoms with Gasteiger partial charge in [0.2, 0.25) is 0 Å². The molecule has 5 unspecified atom stereocenters. The van der Waals surface area contributed by atoms with Crippen molar-refractivity contribution < 1.29 is 24.3 Å². The van der Waals surface area contributed by atoms with Gasteiger partial charge in [-0.15, -0.1) is 0 Å². The molecule has 5 nitrogen and oxygen atoms in total. The molecule has 0 aromatic heterocycles. The number of Topliss-reactive ketones (excluding diaryl/α,β-unsaturated/α-hetero) is 2. The van der Waals surface area contributed by atoms with Crippen LogP contribution in [0.3, 0.4) is 0 Å². The third-order valence-corrected chi connectivity index (χ3v) is 9.46. The Labute approximate surface area is 198 Å². The van der Waals surface area contributed by atoms with Gasteiger partial charge in [-0.05, 0) is 68.8 Å². The van der Waals surface area contributed by atoms with E-state index in [0.717, 1.165) is 19.3 Å². The van der Waals surface area contributed by atoms with E-state index in [1.165, 1.54) is 5.57 Å². The zero-order valence-corrected chi connectivity index (χ0v) is 21.1. The van der Waals surface area contributed by atoms with E-state index in [-0.39, 0.29) is 40.2 Å². The minimum absolute atomic E-state index is 0.126. The fourth-order valence-electron chi connectivity index (χ4n) is 6.90. The molecule has 2 saturated carbocycles. The average Bonchev–Trinajstić information content (AvgIpc) is 3.01. The zero-order chi connectivity index (χ0) is 24.8. The molecule has 0 aromatic carbocycles. The van der Waals surface area contributed by atoms with Crippen molar-refractivity contribution in [1.82, 2.24) is 0 Å². The van der Waals surface area contributed by atoms with Gasteiger partial charge in [0.05, 0.1) is 0 Å². The Morgan fingerprint density at radius 2 is 1.85 bits per heavy atom. The summed E-state index contributed by atoms with van der Waals surface area (Å²) in [4.78, 5) is 49.6. The van der Waals surface area contributed by atoms with Crippen molar-refractivity contribution in [2.75, 3.05) is 0 Å². The number of carbonyl (C=O) groups excluding carboxylic acids is 3. The Balaban J connectivity index is 1.67. The Morgan fingerprint density at radius 1 is 1.18 bits per heavy atom. The molecule has 0 aliphatic heterocycles. The molecule has 5 heteroatoms. The molecule has 3 aliphatic rings. The van der Waals surface area contributed by atoms with Gasteiger partial charge in [0.1, 0.15) is 11.6 Å². The Hall–Kier alpha value is -2.04. The van der Waals surface area contributed by atoms with E-state index >= 15 is 0 Å². The molecule has 182 valence electrons. The highest BCUT2D eigenvalue weighted by Crippen LogP contribution is 2.65. The van der Waals surface area contributed by atoms with E-state index in [9.17, 15) is 19.2 Å². The van der Waals surface area contributed by atoms with Crippen LogP contribution < -0.4 is 0 Å². The predicted octanol–water partition coefficient (Wildman–Crippen LogP) is 5.72. The first kappa shape index (κ1) is 25.6. The van der Waals surface area contributed by atoms with E-state index < -0.39 is 11.4 Å². The second-order valence-corrected chi connectivity index (χ2v) is 11.8. The highest BCUT2D eigenvalue weighted by Gasteiger charge is 2.60. The number of carbonyl (C=O) groups is 4. The summed E-state index contributed by atoms with van der Waals surface area (Å²) in [7, 11) is 0. The number of allylic oxidation sites excluding steroid dienone is 3. The maximum Gasteiger partial charge on any atom is 0.330 e. The summed E-state index contributed by atoms with van der Waals surface area (Å²) in [5, 5.41) is 8.95. The van der Waals surface area contributed by atoms with Gasteiger partial charge in [-0.2, -0.15) is 0 Å². The lowest BCUT2D eigenvalue weighted by atomic mass is 9.47. The number of aliphatic carboxylic acids is 1. The highest BCUT2D eigenvalue weighted by atomic mass is 16.4. The number of ketones is 3. The van der Waals surface area contributed by atoms with Crippen LogP contribution in [0, 0.1) is 34.0 Å². The molecule has 0 spiro atoms. The van der Waals surface area contributed by atoms with E-state index in [2.05, 4.69) is 20.8 Å². The van der Waals surface area contributed by atoms with Crippen molar-refractivity contribution in [2.45, 2.75) is 92.9 Å². The number of rotatable bonds is 8. The third kappa shape index (κ3) is 4.40. The molecular formula is C28H40O5. The molecule has 0 saturated heterocycles. The minimum atomic E-state index is -0.931. The van der Waals surface area contributed by atoms with Crippen molar-refractivity contribution >= 4 is 23.3 Å². The summed E-state index contributed by atoms with van der Waals surface area (Å²) in [6.07, 6.45) is 8.85. The molecule has 0 bridgehead atoms. The molecule has 3 rings (SSSR count). The summed E-state index contributed by atoms with van der Waals surface area (Å²) in [6, 6.07) is 0. The summed E-state index contributed by atoms with van der Waals surface area (Å²) in [6.45, 7) is 11.9. The van der Waals surface area contributed by atoms with E-state index in [1.807, 2.05) is 19.9 Å². The summed E-state index contributed by atoms with van der Waals surface area (Å²) in [5.74, 6) is -0.0629. The first-order chi connectivity index (χ1) is 15.2. The van der Waals surface area contributed by atoms with Crippen LogP contribution in [-0.4, -0.2) is 28.4 Å². The standard InChI is InChI=1S/C28H40O5/c1-17(8-7-9-18(2)25(32)33)21(29)12-14-28(6)19-10-11-22-26(3,4)23(30)13-15-27(22,5)20(19)16-24(28)31/h9,16-17,19,22H,7-8,10-15H2,1-6H3,(H,32,33). The van der Waals surface area contributed by atoms with E-state index in [0.29, 0.717) is 43.5 Å². The number of fused-ring (bicyclic) bond motifs is 3. The smallest absolute Gasteiger partial charge is 0.330 e. The molecule has 0 heterocycles. The Bertz CT molecular complexity index is 923. The normalized spacial score (nSPS) is 34.4. The van der Waals surface area contributed by atoms with Crippen molar-refractivity contribution in [3.63, 3.8) is 0 Å². The van der Waals surface area contributed by atoms with Crippen molar-refractivity contribution in [3.8, 4) is 0 Å². The largest absolute Gasteiger partial charge is 0.478 e. The van der Waals surface area contributed by atoms with Crippen LogP contribution in [0.2, 0.25) is 0 Å². The third-order valence-electron chi connectivity index (χ3n) is 9.46. The average molecular weight is 457 g/mol. The van der Waals surface area contributed by atoms with Gasteiger partial charge in [0.15, 0.2) is 5.78 Å². The number of carboxylic acid groups (broad SMARTS) is 1. The Morgan fingerprint density at radius 3 is 2.48 bits per heavy atom. The Kier molecular flexibility index (Phi) is 6.94. The van der Waals surface area contributed by atoms with Gasteiger partial charge in [-0.25, -0.2) is 4.79 Å². The van der Waals surface area contributed by atoms with Gasteiger partial charge < -0.3 is 5.11 Å². The molecule has 0 amide bonds. The molecule has 5 atom stereocenters. The van der Waals surface area contributed by atoms with Crippen LogP contribution in [0.5, 0.6) is 0 Å². The number of carboxylic acids is 1. The second-order valence-electron chi connectivity index (χ2n) is 11.8. The van der Waals surface area contributed by atoms with Gasteiger partial charge >= 0.3 is 5.97 Å². The van der Waals surface area contributed by atoms with Crippen LogP contribution >= 0.6 is 0 Å². The topological polar surface area (TPSA) is 88.5 Å². The summed E-state index contributed by atoms with van der Waals surface area (Å²) in [5.41, 5.74) is 0.485. The first-order valence-electron chi connectivity index (χ1n) is 12.5. The second kappa shape index (κ2) is 8.96. The fraction of sp³-hybridized carbons (Fsp3) is 0.714. The molecule has 3 aliphatic carbocycles. The molecule has 0 aromatic rings. The molecule has 1 N–H and O–H groups in total. The lowest BCUT2D eigenvalue weighted by Crippen LogP contribution is -2.52. The summed E-state index contributed by atoms with van der Waals surface area (Å²) < 4.78 is 0.